The number of hydrogen-bond donors (Lipinski definition) is 1. The second-order valence-corrected chi connectivity index (χ2v) is 6.64. The smallest absolute Gasteiger partial charge is 0.129 e. The van der Waals surface area contributed by atoms with Crippen molar-refractivity contribution in [1.82, 2.24) is 5.43 Å². The summed E-state index contributed by atoms with van der Waals surface area (Å²) < 4.78 is 6.17. The number of para-hydroxylation sites is 1. The molecule has 0 bridgehead atoms. The highest BCUT2D eigenvalue weighted by Crippen LogP contribution is 2.34. The Morgan fingerprint density at radius 1 is 1.00 bits per heavy atom. The third-order valence-electron chi connectivity index (χ3n) is 3.54. The van der Waals surface area contributed by atoms with Crippen molar-refractivity contribution in [1.29, 1.82) is 0 Å². The standard InChI is InChI=1S/C19H22N2O/c1-19(2,3)21-20-16-13-18(14-9-5-4-6-10-14)22-17-12-8-7-11-15(16)17/h4-12,18,21H,13H2,1-3H3/b20-16-. The van der Waals surface area contributed by atoms with E-state index in [-0.39, 0.29) is 11.6 Å². The van der Waals surface area contributed by atoms with Crippen molar-refractivity contribution in [2.24, 2.45) is 5.10 Å². The fraction of sp³-hybridized carbons (Fsp3) is 0.316. The second kappa shape index (κ2) is 5.84. The molecule has 1 aliphatic heterocycles. The van der Waals surface area contributed by atoms with Gasteiger partial charge in [0, 0.05) is 17.5 Å². The number of rotatable bonds is 2. The van der Waals surface area contributed by atoms with Crippen molar-refractivity contribution < 1.29 is 4.74 Å². The molecule has 22 heavy (non-hydrogen) atoms. The predicted molar refractivity (Wildman–Crippen MR) is 90.3 cm³/mol. The molecule has 3 rings (SSSR count). The molecule has 3 heteroatoms. The largest absolute Gasteiger partial charge is 0.485 e. The Labute approximate surface area is 132 Å². The van der Waals surface area contributed by atoms with Crippen molar-refractivity contribution in [2.75, 3.05) is 0 Å². The summed E-state index contributed by atoms with van der Waals surface area (Å²) in [4.78, 5) is 0. The average molecular weight is 294 g/mol. The van der Waals surface area contributed by atoms with Crippen molar-refractivity contribution >= 4 is 5.71 Å². The Hall–Kier alpha value is -2.29. The summed E-state index contributed by atoms with van der Waals surface area (Å²) in [6.07, 6.45) is 0.779. The third kappa shape index (κ3) is 3.30. The SMILES string of the molecule is CC(C)(C)N/N=C1/CC(c2ccccc2)Oc2ccccc21. The van der Waals surface area contributed by atoms with Crippen LogP contribution in [0, 0.1) is 0 Å². The van der Waals surface area contributed by atoms with Crippen LogP contribution in [0.25, 0.3) is 0 Å². The van der Waals surface area contributed by atoms with Gasteiger partial charge >= 0.3 is 0 Å². The van der Waals surface area contributed by atoms with Gasteiger partial charge in [0.1, 0.15) is 11.9 Å². The number of nitrogens with zero attached hydrogens (tertiary/aromatic N) is 1. The van der Waals surface area contributed by atoms with Crippen LogP contribution in [-0.2, 0) is 0 Å². The van der Waals surface area contributed by atoms with Crippen LogP contribution in [0.2, 0.25) is 0 Å². The summed E-state index contributed by atoms with van der Waals surface area (Å²) >= 11 is 0. The van der Waals surface area contributed by atoms with Gasteiger partial charge in [-0.3, -0.25) is 0 Å². The van der Waals surface area contributed by atoms with E-state index in [1.54, 1.807) is 0 Å². The fourth-order valence-corrected chi connectivity index (χ4v) is 2.48. The van der Waals surface area contributed by atoms with Crippen molar-refractivity contribution in [3.05, 3.63) is 65.7 Å². The number of ether oxygens (including phenoxy) is 1. The summed E-state index contributed by atoms with van der Waals surface area (Å²) in [6.45, 7) is 6.32. The number of hydrogen-bond acceptors (Lipinski definition) is 3. The molecule has 1 N–H and O–H groups in total. The minimum absolute atomic E-state index is 0.0108. The Bertz CT molecular complexity index is 671. The Morgan fingerprint density at radius 2 is 1.68 bits per heavy atom. The maximum absolute atomic E-state index is 6.17. The zero-order chi connectivity index (χ0) is 15.6. The van der Waals surface area contributed by atoms with Crippen LogP contribution >= 0.6 is 0 Å². The van der Waals surface area contributed by atoms with E-state index < -0.39 is 0 Å². The summed E-state index contributed by atoms with van der Waals surface area (Å²) in [6, 6.07) is 18.4. The summed E-state index contributed by atoms with van der Waals surface area (Å²) in [7, 11) is 0. The Morgan fingerprint density at radius 3 is 2.41 bits per heavy atom. The van der Waals surface area contributed by atoms with E-state index in [1.165, 1.54) is 5.56 Å². The maximum Gasteiger partial charge on any atom is 0.129 e. The molecule has 0 fully saturated rings. The molecule has 0 amide bonds. The van der Waals surface area contributed by atoms with Crippen molar-refractivity contribution in [3.63, 3.8) is 0 Å². The molecule has 1 heterocycles. The van der Waals surface area contributed by atoms with Gasteiger partial charge in [-0.1, -0.05) is 42.5 Å². The average Bonchev–Trinajstić information content (AvgIpc) is 2.52. The van der Waals surface area contributed by atoms with E-state index in [0.29, 0.717) is 0 Å². The monoisotopic (exact) mass is 294 g/mol. The summed E-state index contributed by atoms with van der Waals surface area (Å²) in [5, 5.41) is 4.66. The Balaban J connectivity index is 1.95. The lowest BCUT2D eigenvalue weighted by molar-refractivity contribution is 0.206. The second-order valence-electron chi connectivity index (χ2n) is 6.64. The molecular formula is C19H22N2O. The van der Waals surface area contributed by atoms with Crippen molar-refractivity contribution in [2.45, 2.75) is 38.8 Å². The molecule has 0 spiro atoms. The van der Waals surface area contributed by atoms with E-state index in [0.717, 1.165) is 23.4 Å². The van der Waals surface area contributed by atoms with Crippen LogP contribution in [0.1, 0.15) is 44.4 Å². The van der Waals surface area contributed by atoms with Crippen LogP contribution in [0.5, 0.6) is 5.75 Å². The molecule has 2 aromatic rings. The van der Waals surface area contributed by atoms with E-state index in [4.69, 9.17) is 4.74 Å². The zero-order valence-electron chi connectivity index (χ0n) is 13.3. The molecule has 0 radical (unpaired) electrons. The van der Waals surface area contributed by atoms with Gasteiger partial charge < -0.3 is 10.2 Å². The molecular weight excluding hydrogens is 272 g/mol. The molecule has 1 atom stereocenters. The number of nitrogens with one attached hydrogen (secondary N) is 1. The molecule has 1 aliphatic rings. The molecule has 3 nitrogen and oxygen atoms in total. The van der Waals surface area contributed by atoms with Crippen LogP contribution in [0.4, 0.5) is 0 Å². The molecule has 0 saturated heterocycles. The van der Waals surface area contributed by atoms with E-state index in [1.807, 2.05) is 36.4 Å². The van der Waals surface area contributed by atoms with Crippen LogP contribution in [0.15, 0.2) is 59.7 Å². The molecule has 0 saturated carbocycles. The first-order valence-electron chi connectivity index (χ1n) is 7.68. The molecule has 1 unspecified atom stereocenters. The van der Waals surface area contributed by atoms with Gasteiger partial charge in [0.15, 0.2) is 0 Å². The number of fused-ring (bicyclic) bond motifs is 1. The predicted octanol–water partition coefficient (Wildman–Crippen LogP) is 4.30. The highest BCUT2D eigenvalue weighted by Gasteiger charge is 2.26. The molecule has 114 valence electrons. The lowest BCUT2D eigenvalue weighted by Crippen LogP contribution is -2.33. The number of benzene rings is 2. The first-order chi connectivity index (χ1) is 10.5. The lowest BCUT2D eigenvalue weighted by atomic mass is 9.95. The highest BCUT2D eigenvalue weighted by molar-refractivity contribution is 6.04. The van der Waals surface area contributed by atoms with Crippen molar-refractivity contribution in [3.8, 4) is 5.75 Å². The fourth-order valence-electron chi connectivity index (χ4n) is 2.48. The third-order valence-corrected chi connectivity index (χ3v) is 3.54. The topological polar surface area (TPSA) is 33.6 Å². The van der Waals surface area contributed by atoms with Crippen LogP contribution in [0.3, 0.4) is 0 Å². The number of hydrazone groups is 1. The van der Waals surface area contributed by atoms with Gasteiger partial charge in [0.2, 0.25) is 0 Å². The van der Waals surface area contributed by atoms with Gasteiger partial charge in [-0.15, -0.1) is 0 Å². The van der Waals surface area contributed by atoms with Gasteiger partial charge in [0.25, 0.3) is 0 Å². The van der Waals surface area contributed by atoms with E-state index >= 15 is 0 Å². The van der Waals surface area contributed by atoms with Crippen LogP contribution < -0.4 is 10.2 Å². The van der Waals surface area contributed by atoms with E-state index in [9.17, 15) is 0 Å². The van der Waals surface area contributed by atoms with Crippen LogP contribution in [-0.4, -0.2) is 11.3 Å². The summed E-state index contributed by atoms with van der Waals surface area (Å²) in [5.74, 6) is 0.900. The normalized spacial score (nSPS) is 19.4. The van der Waals surface area contributed by atoms with E-state index in [2.05, 4.69) is 49.5 Å². The van der Waals surface area contributed by atoms with Gasteiger partial charge in [-0.05, 0) is 38.5 Å². The highest BCUT2D eigenvalue weighted by atomic mass is 16.5. The minimum Gasteiger partial charge on any atom is -0.485 e. The first-order valence-corrected chi connectivity index (χ1v) is 7.68. The quantitative estimate of drug-likeness (QED) is 0.838. The van der Waals surface area contributed by atoms with Gasteiger partial charge in [-0.2, -0.15) is 5.10 Å². The molecule has 0 aromatic heterocycles. The zero-order valence-corrected chi connectivity index (χ0v) is 13.3. The maximum atomic E-state index is 6.17. The lowest BCUT2D eigenvalue weighted by Gasteiger charge is -2.28. The first kappa shape index (κ1) is 14.6. The molecule has 2 aromatic carbocycles. The molecule has 0 aliphatic carbocycles. The Kier molecular flexibility index (Phi) is 3.88. The van der Waals surface area contributed by atoms with Gasteiger partial charge in [-0.25, -0.2) is 0 Å². The van der Waals surface area contributed by atoms with Gasteiger partial charge in [0.05, 0.1) is 5.71 Å². The summed E-state index contributed by atoms with van der Waals surface area (Å²) in [5.41, 5.74) is 6.49. The minimum atomic E-state index is -0.0531.